The number of rotatable bonds is 9. The van der Waals surface area contributed by atoms with E-state index >= 15 is 0 Å². The Bertz CT molecular complexity index is 1200. The molecule has 0 spiro atoms. The molecule has 40 heavy (non-hydrogen) atoms. The average molecular weight is 585 g/mol. The Labute approximate surface area is 237 Å². The lowest BCUT2D eigenvalue weighted by Gasteiger charge is -2.36. The number of hydrogen-bond donors (Lipinski definition) is 1. The Kier molecular flexibility index (Phi) is 9.94. The fraction of sp³-hybridized carbons (Fsp3) is 0.536. The van der Waals surface area contributed by atoms with Gasteiger partial charge in [-0.2, -0.15) is 13.2 Å². The van der Waals surface area contributed by atoms with E-state index in [0.717, 1.165) is 29.9 Å². The Morgan fingerprint density at radius 2 is 1.82 bits per heavy atom. The number of benzene rings is 1. The van der Waals surface area contributed by atoms with Gasteiger partial charge >= 0.3 is 6.18 Å². The van der Waals surface area contributed by atoms with Crippen LogP contribution in [0, 0.1) is 11.8 Å². The first kappa shape index (κ1) is 31.5. The highest BCUT2D eigenvalue weighted by atomic mass is 35.5. The van der Waals surface area contributed by atoms with Crippen molar-refractivity contribution >= 4 is 29.2 Å². The normalized spacial score (nSPS) is 16.7. The number of anilines is 1. The van der Waals surface area contributed by atoms with Crippen molar-refractivity contribution in [3.05, 3.63) is 52.7 Å². The van der Waals surface area contributed by atoms with Gasteiger partial charge in [0.2, 0.25) is 0 Å². The lowest BCUT2D eigenvalue weighted by atomic mass is 9.87. The van der Waals surface area contributed by atoms with E-state index in [1.807, 2.05) is 6.92 Å². The number of amides is 2. The standard InChI is InChI=1S/C28H36ClF3N4O4/c1-18(17-35(4)26(38)27(39,28(30,31)32)20-7-6-8-21(16-20)40-5)15-19-11-13-36(14-12-19)23-10-9-22(24(29)33-23)25(37)34(2)3/h6-10,16,18-19,39H,11-15,17H2,1-5H3/t18-,27+/m0/s1. The summed E-state index contributed by atoms with van der Waals surface area (Å²) in [5, 5.41) is 10.9. The van der Waals surface area contributed by atoms with Crippen LogP contribution < -0.4 is 9.64 Å². The van der Waals surface area contributed by atoms with E-state index < -0.39 is 23.2 Å². The van der Waals surface area contributed by atoms with Crippen molar-refractivity contribution < 1.29 is 32.6 Å². The van der Waals surface area contributed by atoms with Crippen LogP contribution in [0.2, 0.25) is 5.15 Å². The summed E-state index contributed by atoms with van der Waals surface area (Å²) < 4.78 is 47.2. The Morgan fingerprint density at radius 3 is 2.38 bits per heavy atom. The van der Waals surface area contributed by atoms with E-state index in [1.54, 1.807) is 26.2 Å². The molecule has 2 heterocycles. The summed E-state index contributed by atoms with van der Waals surface area (Å²) in [6.45, 7) is 3.36. The minimum atomic E-state index is -5.23. The Balaban J connectivity index is 1.60. The van der Waals surface area contributed by atoms with E-state index in [4.69, 9.17) is 16.3 Å². The number of likely N-dealkylation sites (N-methyl/N-ethyl adjacent to an activating group) is 1. The quantitative estimate of drug-likeness (QED) is 0.434. The van der Waals surface area contributed by atoms with Crippen molar-refractivity contribution in [2.75, 3.05) is 52.8 Å². The number of carbonyl (C=O) groups is 2. The second-order valence-electron chi connectivity index (χ2n) is 10.6. The van der Waals surface area contributed by atoms with Gasteiger partial charge in [0.1, 0.15) is 16.7 Å². The van der Waals surface area contributed by atoms with Crippen LogP contribution in [0.1, 0.15) is 42.1 Å². The predicted octanol–water partition coefficient (Wildman–Crippen LogP) is 4.60. The molecule has 1 saturated heterocycles. The highest BCUT2D eigenvalue weighted by Gasteiger charge is 2.61. The molecule has 3 rings (SSSR count). The number of carbonyl (C=O) groups excluding carboxylic acids is 2. The number of ether oxygens (including phenoxy) is 1. The van der Waals surface area contributed by atoms with E-state index in [0.29, 0.717) is 36.8 Å². The first-order chi connectivity index (χ1) is 18.7. The third-order valence-corrected chi connectivity index (χ3v) is 7.57. The van der Waals surface area contributed by atoms with Crippen LogP contribution in [0.15, 0.2) is 36.4 Å². The fourth-order valence-corrected chi connectivity index (χ4v) is 5.36. The number of aromatic nitrogens is 1. The minimum absolute atomic E-state index is 0.0555. The molecule has 12 heteroatoms. The Morgan fingerprint density at radius 1 is 1.18 bits per heavy atom. The summed E-state index contributed by atoms with van der Waals surface area (Å²) in [4.78, 5) is 34.1. The number of pyridine rings is 1. The van der Waals surface area contributed by atoms with Crippen molar-refractivity contribution in [1.29, 1.82) is 0 Å². The van der Waals surface area contributed by atoms with Crippen LogP contribution in [0.25, 0.3) is 0 Å². The molecule has 1 aromatic heterocycles. The molecule has 0 bridgehead atoms. The van der Waals surface area contributed by atoms with Gasteiger partial charge in [0, 0.05) is 46.3 Å². The second-order valence-corrected chi connectivity index (χ2v) is 11.0. The van der Waals surface area contributed by atoms with Crippen LogP contribution in [-0.2, 0) is 10.4 Å². The van der Waals surface area contributed by atoms with Crippen molar-refractivity contribution in [2.45, 2.75) is 38.0 Å². The number of hydrogen-bond acceptors (Lipinski definition) is 6. The van der Waals surface area contributed by atoms with Crippen molar-refractivity contribution in [3.8, 4) is 5.75 Å². The SMILES string of the molecule is COc1cccc([C@@](O)(C(=O)N(C)C[C@@H](C)CC2CCN(c3ccc(C(=O)N(C)C)c(Cl)n3)CC2)C(F)(F)F)c1. The van der Waals surface area contributed by atoms with Crippen LogP contribution in [0.3, 0.4) is 0 Å². The van der Waals surface area contributed by atoms with Crippen LogP contribution in [-0.4, -0.2) is 85.8 Å². The predicted molar refractivity (Wildman–Crippen MR) is 147 cm³/mol. The summed E-state index contributed by atoms with van der Waals surface area (Å²) >= 11 is 6.26. The zero-order valence-electron chi connectivity index (χ0n) is 23.3. The molecule has 1 N–H and O–H groups in total. The number of piperidine rings is 1. The maximum Gasteiger partial charge on any atom is 0.430 e. The average Bonchev–Trinajstić information content (AvgIpc) is 2.91. The maximum absolute atomic E-state index is 14.1. The first-order valence-corrected chi connectivity index (χ1v) is 13.4. The molecule has 1 aliphatic rings. The largest absolute Gasteiger partial charge is 0.497 e. The molecule has 1 aliphatic heterocycles. The Hall–Kier alpha value is -3.05. The molecule has 220 valence electrons. The van der Waals surface area contributed by atoms with Gasteiger partial charge in [-0.1, -0.05) is 30.7 Å². The van der Waals surface area contributed by atoms with Crippen molar-refractivity contribution in [3.63, 3.8) is 0 Å². The van der Waals surface area contributed by atoms with Gasteiger partial charge in [-0.25, -0.2) is 4.98 Å². The van der Waals surface area contributed by atoms with Crippen LogP contribution in [0.4, 0.5) is 19.0 Å². The molecule has 8 nitrogen and oxygen atoms in total. The first-order valence-electron chi connectivity index (χ1n) is 13.0. The lowest BCUT2D eigenvalue weighted by Crippen LogP contribution is -2.55. The van der Waals surface area contributed by atoms with Crippen molar-refractivity contribution in [1.82, 2.24) is 14.8 Å². The molecule has 2 amide bonds. The van der Waals surface area contributed by atoms with Crippen molar-refractivity contribution in [2.24, 2.45) is 11.8 Å². The zero-order valence-corrected chi connectivity index (χ0v) is 24.1. The zero-order chi connectivity index (χ0) is 29.8. The second kappa shape index (κ2) is 12.6. The number of nitrogens with zero attached hydrogens (tertiary/aromatic N) is 4. The lowest BCUT2D eigenvalue weighted by molar-refractivity contribution is -0.261. The van der Waals surface area contributed by atoms with E-state index in [2.05, 4.69) is 9.88 Å². The summed E-state index contributed by atoms with van der Waals surface area (Å²) in [7, 11) is 5.85. The number of halogens is 4. The maximum atomic E-state index is 14.1. The molecule has 0 unspecified atom stereocenters. The summed E-state index contributed by atoms with van der Waals surface area (Å²) in [5.74, 6) is -0.671. The molecule has 0 saturated carbocycles. The third kappa shape index (κ3) is 6.80. The van der Waals surface area contributed by atoms with Crippen LogP contribution >= 0.6 is 11.6 Å². The fourth-order valence-electron chi connectivity index (χ4n) is 5.13. The van der Waals surface area contributed by atoms with E-state index in [1.165, 1.54) is 31.2 Å². The molecule has 0 radical (unpaired) electrons. The third-order valence-electron chi connectivity index (χ3n) is 7.28. The van der Waals surface area contributed by atoms with E-state index in [-0.39, 0.29) is 29.3 Å². The summed E-state index contributed by atoms with van der Waals surface area (Å²) in [6, 6.07) is 8.26. The monoisotopic (exact) mass is 584 g/mol. The number of alkyl halides is 3. The van der Waals surface area contributed by atoms with Gasteiger partial charge in [-0.05, 0) is 55.4 Å². The molecule has 1 aromatic carbocycles. The van der Waals surface area contributed by atoms with E-state index in [9.17, 15) is 27.9 Å². The van der Waals surface area contributed by atoms with Crippen LogP contribution in [0.5, 0.6) is 5.75 Å². The molecular formula is C28H36ClF3N4O4. The molecule has 2 aromatic rings. The highest BCUT2D eigenvalue weighted by molar-refractivity contribution is 6.32. The topological polar surface area (TPSA) is 86.2 Å². The van der Waals surface area contributed by atoms with Gasteiger partial charge in [0.05, 0.1) is 12.7 Å². The number of aliphatic hydroxyl groups is 1. The minimum Gasteiger partial charge on any atom is -0.497 e. The molecule has 1 fully saturated rings. The van der Waals surface area contributed by atoms with Gasteiger partial charge in [-0.3, -0.25) is 9.59 Å². The smallest absolute Gasteiger partial charge is 0.430 e. The summed E-state index contributed by atoms with van der Waals surface area (Å²) in [5.41, 5.74) is -3.95. The molecular weight excluding hydrogens is 549 g/mol. The van der Waals surface area contributed by atoms with Gasteiger partial charge in [0.25, 0.3) is 17.4 Å². The highest BCUT2D eigenvalue weighted by Crippen LogP contribution is 2.41. The van der Waals surface area contributed by atoms with Gasteiger partial charge < -0.3 is 24.5 Å². The molecule has 0 aliphatic carbocycles. The number of methoxy groups -OCH3 is 1. The van der Waals surface area contributed by atoms with Gasteiger partial charge in [0.15, 0.2) is 0 Å². The molecule has 2 atom stereocenters. The summed E-state index contributed by atoms with van der Waals surface area (Å²) in [6.07, 6.45) is -2.86. The van der Waals surface area contributed by atoms with Gasteiger partial charge in [-0.15, -0.1) is 0 Å².